The van der Waals surface area contributed by atoms with E-state index in [9.17, 15) is 9.59 Å². The van der Waals surface area contributed by atoms with Crippen molar-refractivity contribution >= 4 is 11.8 Å². The maximum atomic E-state index is 13.4. The van der Waals surface area contributed by atoms with Gasteiger partial charge >= 0.3 is 0 Å². The molecular formula is C27H32N2O6. The first-order valence-electron chi connectivity index (χ1n) is 11.4. The summed E-state index contributed by atoms with van der Waals surface area (Å²) in [5.41, 5.74) is 1.52. The van der Waals surface area contributed by atoms with Gasteiger partial charge in [0.2, 0.25) is 5.91 Å². The van der Waals surface area contributed by atoms with Crippen molar-refractivity contribution in [1.82, 2.24) is 9.80 Å². The molecule has 8 nitrogen and oxygen atoms in total. The number of hydrogen-bond donors (Lipinski definition) is 0. The molecule has 1 aromatic heterocycles. The number of amides is 2. The second-order valence-electron chi connectivity index (χ2n) is 7.92. The number of carbonyl (C=O) groups is 2. The van der Waals surface area contributed by atoms with Crippen LogP contribution in [0.2, 0.25) is 0 Å². The molecule has 1 heterocycles. The summed E-state index contributed by atoms with van der Waals surface area (Å²) >= 11 is 0. The standard InChI is InChI=1S/C27H32N2O6/c1-32-17-15-29(27(31)22-8-5-4-6-9-22)20-26(30)28(19-23-10-7-16-35-23)14-13-21-11-12-24(33-2)25(18-21)34-3/h4-12,16,18H,13-15,17,19-20H2,1-3H3. The van der Waals surface area contributed by atoms with E-state index in [0.29, 0.717) is 55.5 Å². The fourth-order valence-corrected chi connectivity index (χ4v) is 3.66. The molecule has 0 N–H and O–H groups in total. The minimum Gasteiger partial charge on any atom is -0.493 e. The number of rotatable bonds is 13. The highest BCUT2D eigenvalue weighted by Gasteiger charge is 2.23. The van der Waals surface area contributed by atoms with Crippen LogP contribution >= 0.6 is 0 Å². The van der Waals surface area contributed by atoms with Gasteiger partial charge in [-0.3, -0.25) is 9.59 Å². The van der Waals surface area contributed by atoms with E-state index in [2.05, 4.69) is 0 Å². The van der Waals surface area contributed by atoms with Gasteiger partial charge in [-0.25, -0.2) is 0 Å². The van der Waals surface area contributed by atoms with E-state index in [-0.39, 0.29) is 18.4 Å². The molecule has 2 amide bonds. The van der Waals surface area contributed by atoms with Crippen molar-refractivity contribution in [2.45, 2.75) is 13.0 Å². The lowest BCUT2D eigenvalue weighted by Crippen LogP contribution is -2.44. The fraction of sp³-hybridized carbons (Fsp3) is 0.333. The van der Waals surface area contributed by atoms with E-state index < -0.39 is 0 Å². The van der Waals surface area contributed by atoms with Gasteiger partial charge in [0, 0.05) is 25.8 Å². The molecule has 0 unspecified atom stereocenters. The predicted molar refractivity (Wildman–Crippen MR) is 132 cm³/mol. The van der Waals surface area contributed by atoms with Gasteiger partial charge in [0.1, 0.15) is 12.3 Å². The van der Waals surface area contributed by atoms with Crippen molar-refractivity contribution in [2.75, 3.05) is 47.6 Å². The Labute approximate surface area is 206 Å². The van der Waals surface area contributed by atoms with Crippen molar-refractivity contribution in [1.29, 1.82) is 0 Å². The van der Waals surface area contributed by atoms with E-state index in [1.165, 1.54) is 4.90 Å². The number of nitrogens with zero attached hydrogens (tertiary/aromatic N) is 2. The lowest BCUT2D eigenvalue weighted by molar-refractivity contribution is -0.132. The summed E-state index contributed by atoms with van der Waals surface area (Å²) < 4.78 is 21.4. The van der Waals surface area contributed by atoms with Crippen molar-refractivity contribution in [3.63, 3.8) is 0 Å². The molecule has 0 aliphatic heterocycles. The summed E-state index contributed by atoms with van der Waals surface area (Å²) in [5.74, 6) is 1.56. The van der Waals surface area contributed by atoms with Gasteiger partial charge in [-0.05, 0) is 48.4 Å². The van der Waals surface area contributed by atoms with Gasteiger partial charge in [-0.15, -0.1) is 0 Å². The van der Waals surface area contributed by atoms with Gasteiger partial charge in [-0.1, -0.05) is 24.3 Å². The summed E-state index contributed by atoms with van der Waals surface area (Å²) in [6.45, 7) is 1.31. The SMILES string of the molecule is COCCN(CC(=O)N(CCc1ccc(OC)c(OC)c1)Cc1ccco1)C(=O)c1ccccc1. The van der Waals surface area contributed by atoms with E-state index in [4.69, 9.17) is 18.6 Å². The van der Waals surface area contributed by atoms with Crippen LogP contribution < -0.4 is 9.47 Å². The second-order valence-corrected chi connectivity index (χ2v) is 7.92. The van der Waals surface area contributed by atoms with Gasteiger partial charge in [0.05, 0.1) is 33.6 Å². The Hall–Kier alpha value is -3.78. The molecule has 2 aromatic carbocycles. The number of methoxy groups -OCH3 is 3. The maximum absolute atomic E-state index is 13.4. The van der Waals surface area contributed by atoms with Crippen molar-refractivity contribution in [3.05, 3.63) is 83.8 Å². The van der Waals surface area contributed by atoms with E-state index in [1.807, 2.05) is 30.3 Å². The van der Waals surface area contributed by atoms with Crippen LogP contribution in [0.1, 0.15) is 21.7 Å². The van der Waals surface area contributed by atoms with Gasteiger partial charge in [-0.2, -0.15) is 0 Å². The molecular weight excluding hydrogens is 448 g/mol. The molecule has 0 bridgehead atoms. The summed E-state index contributed by atoms with van der Waals surface area (Å²) in [6.07, 6.45) is 2.17. The molecule has 0 aliphatic rings. The van der Waals surface area contributed by atoms with Crippen molar-refractivity contribution in [3.8, 4) is 11.5 Å². The molecule has 0 atom stereocenters. The minimum atomic E-state index is -0.214. The topological polar surface area (TPSA) is 81.5 Å². The van der Waals surface area contributed by atoms with Gasteiger partial charge in [0.25, 0.3) is 5.91 Å². The zero-order valence-electron chi connectivity index (χ0n) is 20.4. The number of carbonyl (C=O) groups excluding carboxylic acids is 2. The third kappa shape index (κ3) is 7.35. The Bertz CT molecular complexity index is 1070. The van der Waals surface area contributed by atoms with E-state index in [1.54, 1.807) is 62.8 Å². The first-order valence-corrected chi connectivity index (χ1v) is 11.4. The highest BCUT2D eigenvalue weighted by atomic mass is 16.5. The Morgan fingerprint density at radius 1 is 0.857 bits per heavy atom. The van der Waals surface area contributed by atoms with Gasteiger partial charge < -0.3 is 28.4 Å². The molecule has 0 saturated carbocycles. The normalized spacial score (nSPS) is 10.6. The van der Waals surface area contributed by atoms with Crippen molar-refractivity contribution < 1.29 is 28.2 Å². The maximum Gasteiger partial charge on any atom is 0.254 e. The van der Waals surface area contributed by atoms with Crippen LogP contribution in [0.25, 0.3) is 0 Å². The number of benzene rings is 2. The summed E-state index contributed by atoms with van der Waals surface area (Å²) in [4.78, 5) is 29.7. The van der Waals surface area contributed by atoms with Gasteiger partial charge in [0.15, 0.2) is 11.5 Å². The highest BCUT2D eigenvalue weighted by molar-refractivity contribution is 5.96. The first-order chi connectivity index (χ1) is 17.0. The monoisotopic (exact) mass is 480 g/mol. The third-order valence-electron chi connectivity index (χ3n) is 5.60. The molecule has 0 fully saturated rings. The molecule has 35 heavy (non-hydrogen) atoms. The average Bonchev–Trinajstić information content (AvgIpc) is 3.42. The van der Waals surface area contributed by atoms with E-state index in [0.717, 1.165) is 5.56 Å². The Balaban J connectivity index is 1.75. The Morgan fingerprint density at radius 2 is 1.63 bits per heavy atom. The second kappa shape index (κ2) is 13.2. The molecule has 3 rings (SSSR count). The van der Waals surface area contributed by atoms with Crippen LogP contribution in [-0.4, -0.2) is 69.2 Å². The largest absolute Gasteiger partial charge is 0.493 e. The summed E-state index contributed by atoms with van der Waals surface area (Å²) in [6, 6.07) is 18.2. The zero-order chi connectivity index (χ0) is 25.0. The molecule has 0 spiro atoms. The van der Waals surface area contributed by atoms with Crippen LogP contribution in [0.3, 0.4) is 0 Å². The summed E-state index contributed by atoms with van der Waals surface area (Å²) in [5, 5.41) is 0. The van der Waals surface area contributed by atoms with Crippen LogP contribution in [0, 0.1) is 0 Å². The predicted octanol–water partition coefficient (Wildman–Crippen LogP) is 3.66. The number of hydrogen-bond acceptors (Lipinski definition) is 6. The Morgan fingerprint density at radius 3 is 2.29 bits per heavy atom. The molecule has 186 valence electrons. The van der Waals surface area contributed by atoms with Crippen LogP contribution in [0.15, 0.2) is 71.3 Å². The third-order valence-corrected chi connectivity index (χ3v) is 5.60. The highest BCUT2D eigenvalue weighted by Crippen LogP contribution is 2.27. The number of ether oxygens (including phenoxy) is 3. The van der Waals surface area contributed by atoms with E-state index >= 15 is 0 Å². The van der Waals surface area contributed by atoms with Crippen molar-refractivity contribution in [2.24, 2.45) is 0 Å². The molecule has 0 saturated heterocycles. The molecule has 0 radical (unpaired) electrons. The minimum absolute atomic E-state index is 0.0657. The first kappa shape index (κ1) is 25.8. The average molecular weight is 481 g/mol. The van der Waals surface area contributed by atoms with Crippen LogP contribution in [0.5, 0.6) is 11.5 Å². The zero-order valence-corrected chi connectivity index (χ0v) is 20.4. The smallest absolute Gasteiger partial charge is 0.254 e. The lowest BCUT2D eigenvalue weighted by Gasteiger charge is -2.27. The molecule has 0 aliphatic carbocycles. The molecule has 8 heteroatoms. The fourth-order valence-electron chi connectivity index (χ4n) is 3.66. The Kier molecular flexibility index (Phi) is 9.74. The number of furan rings is 1. The van der Waals surface area contributed by atoms with Crippen LogP contribution in [0.4, 0.5) is 0 Å². The lowest BCUT2D eigenvalue weighted by atomic mass is 10.1. The quantitative estimate of drug-likeness (QED) is 0.371. The molecule has 3 aromatic rings. The van der Waals surface area contributed by atoms with Crippen LogP contribution in [-0.2, 0) is 22.5 Å². The summed E-state index contributed by atoms with van der Waals surface area (Å²) in [7, 11) is 4.75.